The van der Waals surface area contributed by atoms with Crippen LogP contribution in [0.15, 0.2) is 35.7 Å². The van der Waals surface area contributed by atoms with Gasteiger partial charge >= 0.3 is 0 Å². The quantitative estimate of drug-likeness (QED) is 0.704. The Morgan fingerprint density at radius 1 is 1.11 bits per heavy atom. The van der Waals surface area contributed by atoms with Crippen molar-refractivity contribution in [3.63, 3.8) is 0 Å². The zero-order valence-corrected chi connectivity index (χ0v) is 16.8. The van der Waals surface area contributed by atoms with Crippen LogP contribution >= 0.6 is 11.3 Å². The van der Waals surface area contributed by atoms with Gasteiger partial charge in [-0.15, -0.1) is 11.3 Å². The van der Waals surface area contributed by atoms with Gasteiger partial charge in [-0.05, 0) is 25.0 Å². The molecule has 0 bridgehead atoms. The minimum atomic E-state index is -3.54. The number of carbonyl (C=O) groups is 1. The molecule has 27 heavy (non-hydrogen) atoms. The fourth-order valence-corrected chi connectivity index (χ4v) is 5.09. The lowest BCUT2D eigenvalue weighted by Gasteiger charge is -2.20. The average molecular weight is 409 g/mol. The third-order valence-corrected chi connectivity index (χ3v) is 6.67. The van der Waals surface area contributed by atoms with Gasteiger partial charge in [-0.1, -0.05) is 31.0 Å². The minimum Gasteiger partial charge on any atom is -0.486 e. The lowest BCUT2D eigenvalue weighted by Crippen LogP contribution is -2.36. The second kappa shape index (κ2) is 9.32. The van der Waals surface area contributed by atoms with Crippen LogP contribution in [-0.4, -0.2) is 43.1 Å². The number of benzene rings is 1. The normalized spacial score (nSPS) is 15.3. The molecule has 1 aromatic heterocycles. The van der Waals surface area contributed by atoms with Crippen molar-refractivity contribution in [2.24, 2.45) is 0 Å². The van der Waals surface area contributed by atoms with Gasteiger partial charge < -0.3 is 9.64 Å². The van der Waals surface area contributed by atoms with Gasteiger partial charge in [0.25, 0.3) is 0 Å². The molecule has 0 atom stereocenters. The average Bonchev–Trinajstić information content (AvgIpc) is 2.90. The van der Waals surface area contributed by atoms with Crippen LogP contribution in [0, 0.1) is 0 Å². The molecule has 0 radical (unpaired) electrons. The maximum Gasteiger partial charge on any atom is 0.237 e. The Bertz CT molecular complexity index is 842. The predicted molar refractivity (Wildman–Crippen MR) is 105 cm³/mol. The summed E-state index contributed by atoms with van der Waals surface area (Å²) >= 11 is 1.36. The number of ether oxygens (including phenoxy) is 1. The third kappa shape index (κ3) is 6.32. The minimum absolute atomic E-state index is 0.214. The highest BCUT2D eigenvalue weighted by Crippen LogP contribution is 2.17. The van der Waals surface area contributed by atoms with E-state index in [2.05, 4.69) is 4.98 Å². The lowest BCUT2D eigenvalue weighted by atomic mass is 10.2. The monoisotopic (exact) mass is 408 g/mol. The van der Waals surface area contributed by atoms with E-state index in [1.165, 1.54) is 11.3 Å². The molecule has 0 spiro atoms. The topological polar surface area (TPSA) is 76.6 Å². The van der Waals surface area contributed by atoms with Gasteiger partial charge in [-0.2, -0.15) is 0 Å². The molecule has 0 aliphatic carbocycles. The maximum absolute atomic E-state index is 12.4. The molecule has 2 aromatic rings. The summed E-state index contributed by atoms with van der Waals surface area (Å²) < 4.78 is 30.5. The summed E-state index contributed by atoms with van der Waals surface area (Å²) in [5, 5.41) is 2.43. The molecule has 6 nitrogen and oxygen atoms in total. The van der Waals surface area contributed by atoms with E-state index in [9.17, 15) is 13.2 Å². The van der Waals surface area contributed by atoms with Gasteiger partial charge in [0.1, 0.15) is 23.1 Å². The van der Waals surface area contributed by atoms with E-state index < -0.39 is 15.6 Å². The summed E-state index contributed by atoms with van der Waals surface area (Å²) in [5.74, 6) is -0.209. The number of carbonyl (C=O) groups excluding carboxylic acids is 1. The van der Waals surface area contributed by atoms with Crippen molar-refractivity contribution in [2.45, 2.75) is 38.0 Å². The van der Waals surface area contributed by atoms with Gasteiger partial charge in [0.15, 0.2) is 9.84 Å². The Hall–Kier alpha value is -1.93. The van der Waals surface area contributed by atoms with Crippen molar-refractivity contribution in [2.75, 3.05) is 18.8 Å². The molecule has 146 valence electrons. The first-order chi connectivity index (χ1) is 13.0. The van der Waals surface area contributed by atoms with E-state index in [1.807, 2.05) is 30.3 Å². The molecule has 1 aliphatic rings. The number of thiazole rings is 1. The molecule has 1 amide bonds. The summed E-state index contributed by atoms with van der Waals surface area (Å²) in [6.45, 7) is 1.61. The van der Waals surface area contributed by atoms with Crippen LogP contribution in [0.1, 0.15) is 36.4 Å². The molecule has 1 fully saturated rings. The number of hydrogen-bond donors (Lipinski definition) is 0. The highest BCUT2D eigenvalue weighted by atomic mass is 32.2. The van der Waals surface area contributed by atoms with Crippen molar-refractivity contribution in [1.29, 1.82) is 0 Å². The predicted octanol–water partition coefficient (Wildman–Crippen LogP) is 3.04. The van der Waals surface area contributed by atoms with E-state index in [1.54, 1.807) is 10.3 Å². The second-order valence-corrected chi connectivity index (χ2v) is 9.67. The molecule has 1 aromatic carbocycles. The first-order valence-corrected chi connectivity index (χ1v) is 11.8. The third-order valence-electron chi connectivity index (χ3n) is 4.37. The SMILES string of the molecule is O=C(CS(=O)(=O)Cc1csc(COc2ccccc2)n1)N1CCCCCC1. The summed E-state index contributed by atoms with van der Waals surface area (Å²) in [5.41, 5.74) is 0.468. The van der Waals surface area contributed by atoms with E-state index >= 15 is 0 Å². The van der Waals surface area contributed by atoms with Crippen LogP contribution in [0.3, 0.4) is 0 Å². The first-order valence-electron chi connectivity index (χ1n) is 9.11. The van der Waals surface area contributed by atoms with E-state index in [0.717, 1.165) is 31.4 Å². The highest BCUT2D eigenvalue weighted by molar-refractivity contribution is 7.91. The molecule has 0 unspecified atom stereocenters. The number of hydrogen-bond acceptors (Lipinski definition) is 6. The van der Waals surface area contributed by atoms with Gasteiger partial charge in [0.2, 0.25) is 5.91 Å². The zero-order valence-electron chi connectivity index (χ0n) is 15.2. The van der Waals surface area contributed by atoms with Crippen LogP contribution < -0.4 is 4.74 Å². The van der Waals surface area contributed by atoms with Crippen LogP contribution in [0.4, 0.5) is 0 Å². The molecule has 0 saturated carbocycles. The highest BCUT2D eigenvalue weighted by Gasteiger charge is 2.23. The van der Waals surface area contributed by atoms with Crippen molar-refractivity contribution < 1.29 is 17.9 Å². The summed E-state index contributed by atoms with van der Waals surface area (Å²) in [4.78, 5) is 18.4. The lowest BCUT2D eigenvalue weighted by molar-refractivity contribution is -0.128. The molecule has 8 heteroatoms. The molecule has 3 rings (SSSR count). The standard InChI is InChI=1S/C19H24N2O4S2/c22-19(21-10-6-1-2-7-11-21)15-27(23,24)14-16-13-26-18(20-16)12-25-17-8-4-3-5-9-17/h3-5,8-9,13H,1-2,6-7,10-12,14-15H2. The van der Waals surface area contributed by atoms with Crippen molar-refractivity contribution >= 4 is 27.1 Å². The van der Waals surface area contributed by atoms with Crippen LogP contribution in [0.2, 0.25) is 0 Å². The Morgan fingerprint density at radius 2 is 1.81 bits per heavy atom. The Balaban J connectivity index is 1.53. The maximum atomic E-state index is 12.4. The van der Waals surface area contributed by atoms with Crippen molar-refractivity contribution in [3.8, 4) is 5.75 Å². The smallest absolute Gasteiger partial charge is 0.237 e. The number of rotatable bonds is 7. The Kier molecular flexibility index (Phi) is 6.84. The van der Waals surface area contributed by atoms with Crippen LogP contribution in [-0.2, 0) is 27.0 Å². The fourth-order valence-electron chi connectivity index (χ4n) is 3.02. The summed E-state index contributed by atoms with van der Waals surface area (Å²) in [6.07, 6.45) is 4.09. The number of likely N-dealkylation sites (tertiary alicyclic amines) is 1. The van der Waals surface area contributed by atoms with Gasteiger partial charge in [0, 0.05) is 18.5 Å². The van der Waals surface area contributed by atoms with E-state index in [0.29, 0.717) is 30.4 Å². The molecule has 1 aliphatic heterocycles. The van der Waals surface area contributed by atoms with Gasteiger partial charge in [-0.3, -0.25) is 4.79 Å². The summed E-state index contributed by atoms with van der Waals surface area (Å²) in [6, 6.07) is 9.39. The van der Waals surface area contributed by atoms with Crippen molar-refractivity contribution in [1.82, 2.24) is 9.88 Å². The molecule has 2 heterocycles. The summed E-state index contributed by atoms with van der Waals surface area (Å²) in [7, 11) is -3.54. The Labute approximate surface area is 164 Å². The molecule has 0 N–H and O–H groups in total. The number of amides is 1. The molecular formula is C19H24N2O4S2. The second-order valence-electron chi connectivity index (χ2n) is 6.66. The fraction of sp³-hybridized carbons (Fsp3) is 0.474. The number of sulfone groups is 1. The number of aromatic nitrogens is 1. The number of para-hydroxylation sites is 1. The largest absolute Gasteiger partial charge is 0.486 e. The Morgan fingerprint density at radius 3 is 2.52 bits per heavy atom. The van der Waals surface area contributed by atoms with Crippen LogP contribution in [0.5, 0.6) is 5.75 Å². The van der Waals surface area contributed by atoms with E-state index in [4.69, 9.17) is 4.74 Å². The number of nitrogens with zero attached hydrogens (tertiary/aromatic N) is 2. The zero-order chi connectivity index (χ0) is 19.1. The first kappa shape index (κ1) is 19.8. The van der Waals surface area contributed by atoms with Gasteiger partial charge in [-0.25, -0.2) is 13.4 Å². The van der Waals surface area contributed by atoms with Gasteiger partial charge in [0.05, 0.1) is 11.4 Å². The van der Waals surface area contributed by atoms with Crippen molar-refractivity contribution in [3.05, 3.63) is 46.4 Å². The van der Waals surface area contributed by atoms with Crippen LogP contribution in [0.25, 0.3) is 0 Å². The molecular weight excluding hydrogens is 384 g/mol. The van der Waals surface area contributed by atoms with E-state index in [-0.39, 0.29) is 11.7 Å². The molecule has 1 saturated heterocycles.